The number of likely N-dealkylation sites (N-methyl/N-ethyl adjacent to an activating group) is 1. The summed E-state index contributed by atoms with van der Waals surface area (Å²) in [5.74, 6) is -0.276. The van der Waals surface area contributed by atoms with Gasteiger partial charge in [0.1, 0.15) is 5.70 Å². The summed E-state index contributed by atoms with van der Waals surface area (Å²) in [6, 6.07) is 10.2. The molecular weight excluding hydrogens is 338 g/mol. The molecule has 1 fully saturated rings. The average Bonchev–Trinajstić information content (AvgIpc) is 3.02. The fourth-order valence-corrected chi connectivity index (χ4v) is 3.46. The van der Waals surface area contributed by atoms with Crippen LogP contribution < -0.4 is 5.32 Å². The van der Waals surface area contributed by atoms with E-state index in [-0.39, 0.29) is 17.4 Å². The monoisotopic (exact) mass is 365 g/mol. The molecule has 0 atom stereocenters. The fraction of sp³-hybridized carbons (Fsp3) is 0.364. The summed E-state index contributed by atoms with van der Waals surface area (Å²) < 4.78 is 2.16. The Morgan fingerprint density at radius 3 is 2.22 bits per heavy atom. The Labute approximate surface area is 160 Å². The van der Waals surface area contributed by atoms with Crippen LogP contribution in [0, 0.1) is 13.8 Å². The summed E-state index contributed by atoms with van der Waals surface area (Å²) in [6.45, 7) is 12.8. The summed E-state index contributed by atoms with van der Waals surface area (Å²) in [4.78, 5) is 25.4. The average molecular weight is 365 g/mol. The molecule has 0 radical (unpaired) electrons. The molecule has 2 aromatic rings. The van der Waals surface area contributed by atoms with Crippen LogP contribution in [0.2, 0.25) is 0 Å². The summed E-state index contributed by atoms with van der Waals surface area (Å²) in [6.07, 6.45) is 1.76. The van der Waals surface area contributed by atoms with E-state index in [0.717, 1.165) is 22.6 Å². The fourth-order valence-electron chi connectivity index (χ4n) is 3.46. The Hall–Kier alpha value is -2.82. The molecule has 3 amide bonds. The Kier molecular flexibility index (Phi) is 4.72. The molecule has 2 heterocycles. The number of aryl methyl sites for hydroxylation is 1. The zero-order valence-electron chi connectivity index (χ0n) is 16.9. The van der Waals surface area contributed by atoms with Crippen molar-refractivity contribution in [3.05, 3.63) is 58.5 Å². The minimum absolute atomic E-state index is 0.112. The van der Waals surface area contributed by atoms with Gasteiger partial charge < -0.3 is 9.88 Å². The number of aromatic nitrogens is 1. The van der Waals surface area contributed by atoms with Gasteiger partial charge in [-0.05, 0) is 61.6 Å². The van der Waals surface area contributed by atoms with E-state index in [1.54, 1.807) is 13.0 Å². The molecule has 1 aromatic heterocycles. The normalized spacial score (nSPS) is 16.4. The van der Waals surface area contributed by atoms with Crippen molar-refractivity contribution in [2.45, 2.75) is 47.0 Å². The number of benzene rings is 1. The van der Waals surface area contributed by atoms with Crippen molar-refractivity contribution in [1.82, 2.24) is 14.8 Å². The maximum atomic E-state index is 12.3. The van der Waals surface area contributed by atoms with E-state index in [1.807, 2.05) is 19.9 Å². The van der Waals surface area contributed by atoms with Gasteiger partial charge in [0.15, 0.2) is 0 Å². The first-order valence-electron chi connectivity index (χ1n) is 9.28. The summed E-state index contributed by atoms with van der Waals surface area (Å²) in [7, 11) is 0. The molecule has 27 heavy (non-hydrogen) atoms. The number of amides is 3. The van der Waals surface area contributed by atoms with E-state index in [9.17, 15) is 9.59 Å². The third-order valence-electron chi connectivity index (χ3n) is 5.04. The minimum Gasteiger partial charge on any atom is -0.318 e. The van der Waals surface area contributed by atoms with Crippen molar-refractivity contribution in [3.8, 4) is 5.69 Å². The van der Waals surface area contributed by atoms with Gasteiger partial charge in [-0.15, -0.1) is 0 Å². The minimum atomic E-state index is -0.361. The van der Waals surface area contributed by atoms with Crippen LogP contribution in [0.5, 0.6) is 0 Å². The summed E-state index contributed by atoms with van der Waals surface area (Å²) >= 11 is 0. The lowest BCUT2D eigenvalue weighted by molar-refractivity contribution is -0.122. The molecule has 5 nitrogen and oxygen atoms in total. The number of carbonyl (C=O) groups is 2. The molecule has 3 rings (SSSR count). The molecule has 142 valence electrons. The highest BCUT2D eigenvalue weighted by atomic mass is 16.2. The molecule has 5 heteroatoms. The van der Waals surface area contributed by atoms with Gasteiger partial charge in [-0.1, -0.05) is 32.9 Å². The molecule has 1 N–H and O–H groups in total. The van der Waals surface area contributed by atoms with Gasteiger partial charge in [0.25, 0.3) is 5.91 Å². The number of carbonyl (C=O) groups excluding carboxylic acids is 2. The Bertz CT molecular complexity index is 928. The van der Waals surface area contributed by atoms with Crippen molar-refractivity contribution in [1.29, 1.82) is 0 Å². The third kappa shape index (κ3) is 3.42. The number of nitrogens with zero attached hydrogens (tertiary/aromatic N) is 2. The second-order valence-electron chi connectivity index (χ2n) is 8.00. The van der Waals surface area contributed by atoms with Crippen LogP contribution in [0.25, 0.3) is 11.8 Å². The highest BCUT2D eigenvalue weighted by Crippen LogP contribution is 2.27. The van der Waals surface area contributed by atoms with Crippen LogP contribution >= 0.6 is 0 Å². The van der Waals surface area contributed by atoms with Gasteiger partial charge in [-0.25, -0.2) is 4.79 Å². The molecule has 0 unspecified atom stereocenters. The zero-order chi connectivity index (χ0) is 19.9. The first kappa shape index (κ1) is 19.0. The van der Waals surface area contributed by atoms with Crippen LogP contribution in [0.1, 0.15) is 50.2 Å². The number of hydrogen-bond acceptors (Lipinski definition) is 2. The molecule has 1 aromatic carbocycles. The summed E-state index contributed by atoms with van der Waals surface area (Å²) in [5.41, 5.74) is 5.84. The Balaban J connectivity index is 1.98. The van der Waals surface area contributed by atoms with Gasteiger partial charge >= 0.3 is 6.03 Å². The molecule has 0 aliphatic carbocycles. The van der Waals surface area contributed by atoms with Crippen molar-refractivity contribution in [2.24, 2.45) is 0 Å². The number of hydrogen-bond donors (Lipinski definition) is 1. The van der Waals surface area contributed by atoms with Crippen LogP contribution in [-0.2, 0) is 10.2 Å². The summed E-state index contributed by atoms with van der Waals surface area (Å²) in [5, 5.41) is 2.66. The van der Waals surface area contributed by atoms with Crippen LogP contribution in [0.4, 0.5) is 4.79 Å². The Morgan fingerprint density at radius 1 is 1.07 bits per heavy atom. The van der Waals surface area contributed by atoms with Crippen LogP contribution in [0.3, 0.4) is 0 Å². The number of nitrogens with one attached hydrogen (secondary N) is 1. The van der Waals surface area contributed by atoms with E-state index in [2.05, 4.69) is 54.9 Å². The largest absolute Gasteiger partial charge is 0.328 e. The topological polar surface area (TPSA) is 54.3 Å². The van der Waals surface area contributed by atoms with Crippen molar-refractivity contribution in [3.63, 3.8) is 0 Å². The van der Waals surface area contributed by atoms with Crippen molar-refractivity contribution >= 4 is 18.0 Å². The maximum absolute atomic E-state index is 12.3. The van der Waals surface area contributed by atoms with Crippen LogP contribution in [0.15, 0.2) is 36.0 Å². The first-order chi connectivity index (χ1) is 12.6. The first-order valence-corrected chi connectivity index (χ1v) is 9.28. The molecule has 1 aliphatic heterocycles. The number of rotatable bonds is 3. The number of imide groups is 1. The Morgan fingerprint density at radius 2 is 1.70 bits per heavy atom. The molecule has 0 saturated carbocycles. The van der Waals surface area contributed by atoms with E-state index >= 15 is 0 Å². The highest BCUT2D eigenvalue weighted by Gasteiger charge is 2.32. The highest BCUT2D eigenvalue weighted by molar-refractivity contribution is 6.14. The quantitative estimate of drug-likeness (QED) is 0.651. The predicted octanol–water partition coefficient (Wildman–Crippen LogP) is 4.30. The van der Waals surface area contributed by atoms with E-state index in [1.165, 1.54) is 10.5 Å². The number of urea groups is 1. The standard InChI is InChI=1S/C22H27N3O2/c1-7-24-20(26)19(23-21(24)27)13-16-12-14(2)25(15(16)3)18-10-8-17(9-11-18)22(4,5)6/h8-13H,7H2,1-6H3,(H,23,27)/b19-13+. The van der Waals surface area contributed by atoms with E-state index in [0.29, 0.717) is 12.2 Å². The van der Waals surface area contributed by atoms with Gasteiger partial charge in [-0.2, -0.15) is 0 Å². The van der Waals surface area contributed by atoms with Crippen LogP contribution in [-0.4, -0.2) is 28.0 Å². The smallest absolute Gasteiger partial charge is 0.318 e. The molecule has 0 spiro atoms. The molecular formula is C22H27N3O2. The predicted molar refractivity (Wildman–Crippen MR) is 108 cm³/mol. The van der Waals surface area contributed by atoms with Crippen molar-refractivity contribution < 1.29 is 9.59 Å². The second kappa shape index (κ2) is 6.72. The molecule has 0 bridgehead atoms. The lowest BCUT2D eigenvalue weighted by Crippen LogP contribution is -2.30. The van der Waals surface area contributed by atoms with Gasteiger partial charge in [-0.3, -0.25) is 9.69 Å². The molecule has 1 saturated heterocycles. The third-order valence-corrected chi connectivity index (χ3v) is 5.04. The lowest BCUT2D eigenvalue weighted by Gasteiger charge is -2.20. The SMILES string of the molecule is CCN1C(=O)N/C(=C/c2cc(C)n(-c3ccc(C(C)(C)C)cc3)c2C)C1=O. The van der Waals surface area contributed by atoms with Gasteiger partial charge in [0.2, 0.25) is 0 Å². The van der Waals surface area contributed by atoms with E-state index < -0.39 is 0 Å². The lowest BCUT2D eigenvalue weighted by atomic mass is 9.87. The van der Waals surface area contributed by atoms with Gasteiger partial charge in [0.05, 0.1) is 0 Å². The second-order valence-corrected chi connectivity index (χ2v) is 8.00. The maximum Gasteiger partial charge on any atom is 0.328 e. The van der Waals surface area contributed by atoms with Gasteiger partial charge in [0, 0.05) is 23.6 Å². The molecule has 1 aliphatic rings. The zero-order valence-corrected chi connectivity index (χ0v) is 16.9. The van der Waals surface area contributed by atoms with Crippen molar-refractivity contribution in [2.75, 3.05) is 6.54 Å². The van der Waals surface area contributed by atoms with E-state index in [4.69, 9.17) is 0 Å².